The van der Waals surface area contributed by atoms with Crippen molar-refractivity contribution in [1.29, 1.82) is 0 Å². The monoisotopic (exact) mass is 367 g/mol. The van der Waals surface area contributed by atoms with Crippen molar-refractivity contribution in [2.75, 3.05) is 0 Å². The first-order chi connectivity index (χ1) is 11.5. The van der Waals surface area contributed by atoms with Crippen LogP contribution in [0.1, 0.15) is 17.6 Å². The van der Waals surface area contributed by atoms with Crippen LogP contribution in [0.3, 0.4) is 0 Å². The molecule has 0 aliphatic heterocycles. The predicted molar refractivity (Wildman–Crippen MR) is 82.1 cm³/mol. The van der Waals surface area contributed by atoms with E-state index in [0.717, 1.165) is 23.5 Å². The van der Waals surface area contributed by atoms with Gasteiger partial charge in [-0.1, -0.05) is 5.21 Å². The molecule has 1 aromatic carbocycles. The summed E-state index contributed by atoms with van der Waals surface area (Å²) in [7, 11) is -3.81. The lowest BCUT2D eigenvalue weighted by molar-refractivity contribution is 0.219. The van der Waals surface area contributed by atoms with Crippen molar-refractivity contribution in [3.05, 3.63) is 53.1 Å². The quantitative estimate of drug-likeness (QED) is 0.653. The molecule has 1 atom stereocenters. The van der Waals surface area contributed by atoms with Crippen LogP contribution >= 0.6 is 11.3 Å². The fraction of sp³-hybridized carbons (Fsp3) is 0.0769. The summed E-state index contributed by atoms with van der Waals surface area (Å²) in [4.78, 5) is 3.97. The van der Waals surface area contributed by atoms with E-state index < -0.39 is 21.8 Å². The van der Waals surface area contributed by atoms with E-state index in [1.54, 1.807) is 0 Å². The van der Waals surface area contributed by atoms with Gasteiger partial charge in [0.15, 0.2) is 0 Å². The fourth-order valence-corrected chi connectivity index (χ4v) is 4.13. The molecule has 3 aromatic rings. The molecule has 0 spiro atoms. The zero-order chi connectivity index (χ0) is 17.2. The molecule has 2 aromatic heterocycles. The molecule has 1 unspecified atom stereocenters. The summed E-state index contributed by atoms with van der Waals surface area (Å²) in [6.07, 6.45) is 1.71. The maximum Gasteiger partial charge on any atom is 0.233 e. The normalized spacial score (nSPS) is 13.4. The van der Waals surface area contributed by atoms with Crippen molar-refractivity contribution in [3.8, 4) is 0 Å². The Morgan fingerprint density at radius 2 is 2.04 bits per heavy atom. The number of nitrogens with zero attached hydrogens (tertiary/aromatic N) is 4. The molecule has 0 saturated heterocycles. The first-order valence-electron chi connectivity index (χ1n) is 6.52. The first kappa shape index (κ1) is 16.4. The second-order valence-corrected chi connectivity index (χ2v) is 7.55. The molecular weight excluding hydrogens is 357 g/mol. The maximum absolute atomic E-state index is 12.9. The number of H-pyrrole nitrogens is 1. The Morgan fingerprint density at radius 1 is 1.29 bits per heavy atom. The molecule has 124 valence electrons. The Kier molecular flexibility index (Phi) is 4.46. The van der Waals surface area contributed by atoms with Gasteiger partial charge < -0.3 is 5.11 Å². The number of hydrogen-bond acceptors (Lipinski definition) is 8. The third-order valence-electron chi connectivity index (χ3n) is 2.93. The molecule has 8 nitrogen and oxygen atoms in total. The van der Waals surface area contributed by atoms with Crippen LogP contribution in [0, 0.1) is 5.82 Å². The summed E-state index contributed by atoms with van der Waals surface area (Å²) in [5.74, 6) is -0.437. The van der Waals surface area contributed by atoms with Crippen molar-refractivity contribution in [1.82, 2.24) is 25.6 Å². The van der Waals surface area contributed by atoms with E-state index in [1.165, 1.54) is 29.7 Å². The molecule has 0 saturated carbocycles. The first-order valence-corrected chi connectivity index (χ1v) is 8.89. The molecule has 0 amide bonds. The van der Waals surface area contributed by atoms with E-state index in [4.69, 9.17) is 0 Å². The van der Waals surface area contributed by atoms with E-state index in [0.29, 0.717) is 5.69 Å². The second-order valence-electron chi connectivity index (χ2n) is 4.57. The lowest BCUT2D eigenvalue weighted by atomic mass is 10.3. The molecule has 3 rings (SSSR count). The Hall–Kier alpha value is -2.50. The van der Waals surface area contributed by atoms with Gasteiger partial charge in [0.2, 0.25) is 20.0 Å². The van der Waals surface area contributed by atoms with Crippen LogP contribution in [0.15, 0.2) is 45.0 Å². The summed E-state index contributed by atoms with van der Waals surface area (Å²) in [6.45, 7) is 0. The number of halogens is 1. The Labute approximate surface area is 139 Å². The number of nitrogens with one attached hydrogen (secondary N) is 1. The van der Waals surface area contributed by atoms with Crippen molar-refractivity contribution < 1.29 is 17.9 Å². The maximum atomic E-state index is 12.9. The minimum Gasteiger partial charge on any atom is -0.381 e. The lowest BCUT2D eigenvalue weighted by Crippen LogP contribution is -2.01. The molecule has 11 heteroatoms. The summed E-state index contributed by atoms with van der Waals surface area (Å²) in [6, 6.07) is 4.51. The van der Waals surface area contributed by atoms with Gasteiger partial charge in [0.25, 0.3) is 0 Å². The van der Waals surface area contributed by atoms with Crippen molar-refractivity contribution in [3.63, 3.8) is 0 Å². The van der Waals surface area contributed by atoms with Crippen molar-refractivity contribution in [2.45, 2.75) is 15.3 Å². The van der Waals surface area contributed by atoms with Crippen molar-refractivity contribution >= 4 is 27.3 Å². The van der Waals surface area contributed by atoms with E-state index in [1.807, 2.05) is 0 Å². The summed E-state index contributed by atoms with van der Waals surface area (Å²) in [5.41, 5.74) is 0.350. The standard InChI is InChI=1S/C13H10FN5O3S2/c14-8-1-4-10(5-2-8)24(21,22)13-15-9(7-23-13)3-6-11(20)12-16-18-19-17-12/h1-7,11,20H,(H,16,17,18,19). The Bertz CT molecular complexity index is 952. The summed E-state index contributed by atoms with van der Waals surface area (Å²) in [5, 5.41) is 24.1. The highest BCUT2D eigenvalue weighted by atomic mass is 32.2. The number of rotatable bonds is 5. The van der Waals surface area contributed by atoms with Gasteiger partial charge in [-0.3, -0.25) is 0 Å². The zero-order valence-electron chi connectivity index (χ0n) is 11.9. The Morgan fingerprint density at radius 3 is 2.71 bits per heavy atom. The number of aliphatic hydroxyl groups is 1. The van der Waals surface area contributed by atoms with Gasteiger partial charge in [-0.2, -0.15) is 5.21 Å². The average Bonchev–Trinajstić information content (AvgIpc) is 3.25. The van der Waals surface area contributed by atoms with Crippen LogP contribution in [0.2, 0.25) is 0 Å². The lowest BCUT2D eigenvalue weighted by Gasteiger charge is -2.00. The second kappa shape index (κ2) is 6.55. The van der Waals surface area contributed by atoms with Crippen LogP contribution in [-0.2, 0) is 9.84 Å². The van der Waals surface area contributed by atoms with Gasteiger partial charge in [0.05, 0.1) is 10.6 Å². The topological polar surface area (TPSA) is 122 Å². The Balaban J connectivity index is 1.81. The number of thiazole rings is 1. The van der Waals surface area contributed by atoms with Gasteiger partial charge in [0.1, 0.15) is 11.9 Å². The fourth-order valence-electron chi connectivity index (χ4n) is 1.75. The summed E-state index contributed by atoms with van der Waals surface area (Å²) < 4.78 is 37.6. The highest BCUT2D eigenvalue weighted by Gasteiger charge is 2.21. The minimum atomic E-state index is -3.81. The molecule has 24 heavy (non-hydrogen) atoms. The molecular formula is C13H10FN5O3S2. The number of aliphatic hydroxyl groups excluding tert-OH is 1. The van der Waals surface area contributed by atoms with Gasteiger partial charge in [-0.15, -0.1) is 21.5 Å². The number of aromatic amines is 1. The third kappa shape index (κ3) is 3.37. The summed E-state index contributed by atoms with van der Waals surface area (Å²) >= 11 is 0.929. The minimum absolute atomic E-state index is 0.0411. The number of benzene rings is 1. The highest BCUT2D eigenvalue weighted by Crippen LogP contribution is 2.25. The van der Waals surface area contributed by atoms with Crippen molar-refractivity contribution in [2.24, 2.45) is 0 Å². The smallest absolute Gasteiger partial charge is 0.233 e. The molecule has 2 heterocycles. The van der Waals surface area contributed by atoms with Crippen LogP contribution in [0.4, 0.5) is 4.39 Å². The van der Waals surface area contributed by atoms with Gasteiger partial charge in [-0.05, 0) is 36.4 Å². The molecule has 0 aliphatic rings. The van der Waals surface area contributed by atoms with E-state index in [2.05, 4.69) is 25.6 Å². The van der Waals surface area contributed by atoms with Gasteiger partial charge in [-0.25, -0.2) is 17.8 Å². The SMILES string of the molecule is O=S(=O)(c1ccc(F)cc1)c1nc(C=CC(O)c2nn[nH]n2)cs1. The molecule has 2 N–H and O–H groups in total. The number of sulfone groups is 1. The zero-order valence-corrected chi connectivity index (χ0v) is 13.5. The van der Waals surface area contributed by atoms with Crippen LogP contribution in [-0.4, -0.2) is 39.1 Å². The largest absolute Gasteiger partial charge is 0.381 e. The molecule has 0 aliphatic carbocycles. The third-order valence-corrected chi connectivity index (χ3v) is 5.97. The highest BCUT2D eigenvalue weighted by molar-refractivity contribution is 7.93. The van der Waals surface area contributed by atoms with Crippen LogP contribution in [0.25, 0.3) is 6.08 Å². The van der Waals surface area contributed by atoms with Crippen LogP contribution < -0.4 is 0 Å². The number of hydrogen-bond donors (Lipinski definition) is 2. The average molecular weight is 367 g/mol. The van der Waals surface area contributed by atoms with Crippen LogP contribution in [0.5, 0.6) is 0 Å². The van der Waals surface area contributed by atoms with E-state index in [-0.39, 0.29) is 15.1 Å². The van der Waals surface area contributed by atoms with Gasteiger partial charge >= 0.3 is 0 Å². The van der Waals surface area contributed by atoms with E-state index in [9.17, 15) is 17.9 Å². The van der Waals surface area contributed by atoms with Gasteiger partial charge in [0, 0.05) is 5.38 Å². The molecule has 0 fully saturated rings. The number of tetrazole rings is 1. The number of aromatic nitrogens is 5. The molecule has 0 bridgehead atoms. The van der Waals surface area contributed by atoms with E-state index >= 15 is 0 Å². The molecule has 0 radical (unpaired) electrons. The predicted octanol–water partition coefficient (Wildman–Crippen LogP) is 1.37.